The molecule has 1 aromatic rings. The second kappa shape index (κ2) is 17.7. The SMILES string of the molecule is C=CCN(CCNC)CC1CCN(CC(=C)C2=C(c3cc(C)cc(C)c3)NSC(C(C)(C)C(=C)N=CCCC3CCC3)=CC2=C)CC1. The predicted octanol–water partition coefficient (Wildman–Crippen LogP) is 8.87. The summed E-state index contributed by atoms with van der Waals surface area (Å²) in [6.07, 6.45) is 15.2. The van der Waals surface area contributed by atoms with E-state index >= 15 is 0 Å². The Morgan fingerprint density at radius 2 is 1.81 bits per heavy atom. The Bertz CT molecular complexity index is 1350. The predicted molar refractivity (Wildman–Crippen MR) is 208 cm³/mol. The molecule has 0 unspecified atom stereocenters. The van der Waals surface area contributed by atoms with Crippen molar-refractivity contribution in [2.75, 3.05) is 52.9 Å². The quantitative estimate of drug-likeness (QED) is 0.0997. The topological polar surface area (TPSA) is 42.9 Å². The van der Waals surface area contributed by atoms with E-state index in [9.17, 15) is 0 Å². The van der Waals surface area contributed by atoms with Crippen molar-refractivity contribution >= 4 is 23.9 Å². The molecule has 4 rings (SSSR count). The smallest absolute Gasteiger partial charge is 0.0598 e. The summed E-state index contributed by atoms with van der Waals surface area (Å²) in [6.45, 7) is 33.7. The van der Waals surface area contributed by atoms with Gasteiger partial charge in [0, 0.05) is 60.5 Å². The van der Waals surface area contributed by atoms with E-state index in [2.05, 4.69) is 97.8 Å². The fourth-order valence-corrected chi connectivity index (χ4v) is 7.94. The van der Waals surface area contributed by atoms with Crippen LogP contribution < -0.4 is 10.0 Å². The summed E-state index contributed by atoms with van der Waals surface area (Å²) >= 11 is 1.66. The molecule has 2 aliphatic heterocycles. The average Bonchev–Trinajstić information content (AvgIpc) is 3.18. The van der Waals surface area contributed by atoms with Crippen molar-refractivity contribution < 1.29 is 0 Å². The molecule has 1 aromatic carbocycles. The number of allylic oxidation sites excluding steroid dienone is 3. The fourth-order valence-electron chi connectivity index (χ4n) is 6.93. The molecule has 2 fully saturated rings. The number of likely N-dealkylation sites (N-methyl/N-ethyl adjacent to an activating group) is 1. The number of rotatable bonds is 17. The molecule has 5 nitrogen and oxygen atoms in total. The van der Waals surface area contributed by atoms with E-state index in [0.29, 0.717) is 5.92 Å². The molecule has 0 amide bonds. The van der Waals surface area contributed by atoms with E-state index in [1.165, 1.54) is 55.2 Å². The minimum Gasteiger partial charge on any atom is -0.325 e. The van der Waals surface area contributed by atoms with E-state index in [1.54, 1.807) is 11.9 Å². The van der Waals surface area contributed by atoms with Crippen LogP contribution in [0.1, 0.15) is 75.5 Å². The highest BCUT2D eigenvalue weighted by molar-refractivity contribution is 8.01. The molecule has 0 aromatic heterocycles. The van der Waals surface area contributed by atoms with Gasteiger partial charge < -0.3 is 10.0 Å². The van der Waals surface area contributed by atoms with Gasteiger partial charge in [0.1, 0.15) is 0 Å². The van der Waals surface area contributed by atoms with E-state index in [4.69, 9.17) is 11.6 Å². The summed E-state index contributed by atoms with van der Waals surface area (Å²) in [5, 5.41) is 3.29. The van der Waals surface area contributed by atoms with Crippen LogP contribution in [0.4, 0.5) is 0 Å². The Balaban J connectivity index is 1.49. The van der Waals surface area contributed by atoms with Crippen LogP contribution in [0.25, 0.3) is 5.70 Å². The summed E-state index contributed by atoms with van der Waals surface area (Å²) in [7, 11) is 2.02. The maximum Gasteiger partial charge on any atom is 0.0598 e. The van der Waals surface area contributed by atoms with E-state index in [1.807, 2.05) is 13.1 Å². The van der Waals surface area contributed by atoms with Crippen molar-refractivity contribution in [1.29, 1.82) is 0 Å². The molecule has 3 aliphatic rings. The lowest BCUT2D eigenvalue weighted by atomic mass is 9.82. The maximum atomic E-state index is 4.86. The Morgan fingerprint density at radius 3 is 2.43 bits per heavy atom. The van der Waals surface area contributed by atoms with Crippen LogP contribution in [0.3, 0.4) is 0 Å². The van der Waals surface area contributed by atoms with Gasteiger partial charge in [0.15, 0.2) is 0 Å². The van der Waals surface area contributed by atoms with Crippen LogP contribution in [0, 0.1) is 31.1 Å². The fraction of sp³-hybridized carbons (Fsp3) is 0.537. The van der Waals surface area contributed by atoms with Crippen LogP contribution in [-0.4, -0.2) is 68.9 Å². The Morgan fingerprint density at radius 1 is 1.11 bits per heavy atom. The number of nitrogens with zero attached hydrogens (tertiary/aromatic N) is 3. The first kappa shape index (κ1) is 37.2. The van der Waals surface area contributed by atoms with Gasteiger partial charge in [0.05, 0.1) is 5.70 Å². The zero-order chi connectivity index (χ0) is 34.0. The summed E-state index contributed by atoms with van der Waals surface area (Å²) in [4.78, 5) is 11.1. The maximum absolute atomic E-state index is 4.86. The van der Waals surface area contributed by atoms with Crippen LogP contribution >= 0.6 is 11.9 Å². The highest BCUT2D eigenvalue weighted by Gasteiger charge is 2.31. The van der Waals surface area contributed by atoms with Gasteiger partial charge in [-0.25, -0.2) is 0 Å². The standard InChI is InChI=1S/C41H61N5S/c1-10-20-45(23-19-42-9)29-36-16-21-46(22-17-36)28-33(5)39-32(4)27-38(47-44-40(39)37-25-30(2)24-31(3)26-37)41(7,8)34(6)43-18-12-15-35-13-11-14-35/h10,18,24-27,35-36,42,44H,1,4-6,11-17,19-23,28-29H2,2-3,7-9H3. The van der Waals surface area contributed by atoms with Crippen molar-refractivity contribution in [3.8, 4) is 0 Å². The Hall–Kier alpha value is -2.64. The second-order valence-electron chi connectivity index (χ2n) is 14.6. The van der Waals surface area contributed by atoms with Gasteiger partial charge in [-0.05, 0) is 132 Å². The second-order valence-corrected chi connectivity index (χ2v) is 15.4. The zero-order valence-electron chi connectivity index (χ0n) is 30.1. The lowest BCUT2D eigenvalue weighted by Crippen LogP contribution is -2.41. The van der Waals surface area contributed by atoms with Gasteiger partial charge >= 0.3 is 0 Å². The summed E-state index contributed by atoms with van der Waals surface area (Å²) < 4.78 is 3.79. The molecule has 0 radical (unpaired) electrons. The van der Waals surface area contributed by atoms with Gasteiger partial charge in [-0.1, -0.05) is 62.3 Å². The third kappa shape index (κ3) is 10.4. The molecule has 256 valence electrons. The van der Waals surface area contributed by atoms with Crippen molar-refractivity contribution in [1.82, 2.24) is 19.8 Å². The molecule has 1 saturated heterocycles. The molecule has 2 heterocycles. The molecule has 0 spiro atoms. The number of aliphatic imine (C=N–C) groups is 1. The molecular weight excluding hydrogens is 595 g/mol. The van der Waals surface area contributed by atoms with Crippen LogP contribution in [0.15, 0.2) is 89.0 Å². The number of hydrogen-bond donors (Lipinski definition) is 2. The summed E-state index contributed by atoms with van der Waals surface area (Å²) in [5.41, 5.74) is 8.53. The Kier molecular flexibility index (Phi) is 14.0. The van der Waals surface area contributed by atoms with Crippen molar-refractivity contribution in [2.45, 2.75) is 72.6 Å². The average molecular weight is 656 g/mol. The summed E-state index contributed by atoms with van der Waals surface area (Å²) in [6, 6.07) is 6.77. The number of aryl methyl sites for hydroxylation is 2. The molecule has 6 heteroatoms. The number of likely N-dealkylation sites (tertiary alicyclic amines) is 1. The highest BCUT2D eigenvalue weighted by Crippen LogP contribution is 2.45. The van der Waals surface area contributed by atoms with Crippen molar-refractivity contribution in [3.63, 3.8) is 0 Å². The van der Waals surface area contributed by atoms with Crippen LogP contribution in [0.5, 0.6) is 0 Å². The van der Waals surface area contributed by atoms with E-state index in [-0.39, 0.29) is 5.41 Å². The third-order valence-corrected chi connectivity index (χ3v) is 11.4. The van der Waals surface area contributed by atoms with Crippen molar-refractivity contribution in [3.05, 3.63) is 101 Å². The van der Waals surface area contributed by atoms with Gasteiger partial charge in [-0.15, -0.1) is 6.58 Å². The molecular formula is C41H61N5S. The minimum atomic E-state index is -0.341. The Labute approximate surface area is 291 Å². The molecule has 0 bridgehead atoms. The molecule has 0 atom stereocenters. The van der Waals surface area contributed by atoms with Gasteiger partial charge in [-0.3, -0.25) is 14.8 Å². The van der Waals surface area contributed by atoms with Crippen LogP contribution in [0.2, 0.25) is 0 Å². The minimum absolute atomic E-state index is 0.341. The van der Waals surface area contributed by atoms with Gasteiger partial charge in [0.25, 0.3) is 0 Å². The van der Waals surface area contributed by atoms with E-state index in [0.717, 1.165) is 91.2 Å². The first-order chi connectivity index (χ1) is 22.5. The monoisotopic (exact) mass is 655 g/mol. The number of nitrogens with one attached hydrogen (secondary N) is 2. The first-order valence-electron chi connectivity index (χ1n) is 17.8. The van der Waals surface area contributed by atoms with Gasteiger partial charge in [-0.2, -0.15) is 0 Å². The molecule has 2 N–H and O–H groups in total. The molecule has 1 aliphatic carbocycles. The zero-order valence-corrected chi connectivity index (χ0v) is 30.9. The lowest BCUT2D eigenvalue weighted by molar-refractivity contribution is 0.157. The number of hydrogen-bond acceptors (Lipinski definition) is 6. The highest BCUT2D eigenvalue weighted by atomic mass is 32.2. The summed E-state index contributed by atoms with van der Waals surface area (Å²) in [5.74, 6) is 1.61. The molecule has 47 heavy (non-hydrogen) atoms. The van der Waals surface area contributed by atoms with Crippen molar-refractivity contribution in [2.24, 2.45) is 22.2 Å². The van der Waals surface area contributed by atoms with Gasteiger partial charge in [0.2, 0.25) is 0 Å². The molecule has 1 saturated carbocycles. The number of benzene rings is 1. The number of piperidine rings is 1. The largest absolute Gasteiger partial charge is 0.325 e. The lowest BCUT2D eigenvalue weighted by Gasteiger charge is -2.35. The van der Waals surface area contributed by atoms with Crippen LogP contribution in [-0.2, 0) is 0 Å². The third-order valence-electron chi connectivity index (χ3n) is 10.2. The first-order valence-corrected chi connectivity index (χ1v) is 18.6. The normalized spacial score (nSPS) is 18.7. The van der Waals surface area contributed by atoms with E-state index < -0.39 is 0 Å².